The number of rotatable bonds is 5. The molecule has 3 aromatic rings. The molecule has 0 unspecified atom stereocenters. The van der Waals surface area contributed by atoms with Crippen LogP contribution in [0.1, 0.15) is 54.0 Å². The van der Waals surface area contributed by atoms with Gasteiger partial charge in [0.25, 0.3) is 17.7 Å². The minimum atomic E-state index is -1.13. The van der Waals surface area contributed by atoms with E-state index in [0.29, 0.717) is 53.2 Å². The zero-order chi connectivity index (χ0) is 26.4. The van der Waals surface area contributed by atoms with Gasteiger partial charge in [0.1, 0.15) is 16.7 Å². The van der Waals surface area contributed by atoms with Crippen molar-refractivity contribution in [2.75, 3.05) is 26.2 Å². The lowest BCUT2D eigenvalue weighted by molar-refractivity contribution is 0.0564. The normalized spacial score (nSPS) is 20.5. The van der Waals surface area contributed by atoms with Gasteiger partial charge >= 0.3 is 6.09 Å². The zero-order valence-electron chi connectivity index (χ0n) is 20.3. The molecule has 1 fully saturated rings. The summed E-state index contributed by atoms with van der Waals surface area (Å²) in [7, 11) is 0. The third kappa shape index (κ3) is 4.08. The number of thiazole rings is 1. The average Bonchev–Trinajstić information content (AvgIpc) is 3.67. The van der Waals surface area contributed by atoms with Gasteiger partial charge in [0.05, 0.1) is 42.0 Å². The van der Waals surface area contributed by atoms with Crippen molar-refractivity contribution in [3.8, 4) is 5.75 Å². The molecule has 0 radical (unpaired) electrons. The number of carboxylic acid groups (broad SMARTS) is 1. The maximum Gasteiger partial charge on any atom is 0.407 e. The van der Waals surface area contributed by atoms with Crippen molar-refractivity contribution in [2.45, 2.75) is 25.0 Å². The Morgan fingerprint density at radius 3 is 2.50 bits per heavy atom. The Hall–Kier alpha value is -4.25. The van der Waals surface area contributed by atoms with Crippen LogP contribution >= 0.6 is 11.3 Å². The molecule has 3 aliphatic rings. The molecule has 0 spiro atoms. The first kappa shape index (κ1) is 24.1. The summed E-state index contributed by atoms with van der Waals surface area (Å²) in [5.41, 5.74) is 3.83. The fourth-order valence-corrected chi connectivity index (χ4v) is 6.09. The number of carbonyl (C=O) groups excluding carboxylic acids is 3. The van der Waals surface area contributed by atoms with Crippen LogP contribution in [0.4, 0.5) is 4.79 Å². The number of amides is 4. The molecule has 1 aromatic heterocycles. The van der Waals surface area contributed by atoms with Crippen LogP contribution in [-0.4, -0.2) is 80.9 Å². The quantitative estimate of drug-likeness (QED) is 0.501. The van der Waals surface area contributed by atoms with Crippen molar-refractivity contribution in [3.05, 3.63) is 81.3 Å². The van der Waals surface area contributed by atoms with Crippen LogP contribution in [0.15, 0.2) is 54.2 Å². The van der Waals surface area contributed by atoms with Crippen LogP contribution in [0.2, 0.25) is 0 Å². The van der Waals surface area contributed by atoms with E-state index in [1.165, 1.54) is 16.2 Å². The van der Waals surface area contributed by atoms with E-state index in [4.69, 9.17) is 4.74 Å². The first-order chi connectivity index (χ1) is 18.4. The van der Waals surface area contributed by atoms with Crippen LogP contribution in [-0.2, 0) is 6.42 Å². The summed E-state index contributed by atoms with van der Waals surface area (Å²) < 4.78 is 6.40. The Balaban J connectivity index is 1.28. The Labute approximate surface area is 222 Å². The highest BCUT2D eigenvalue weighted by molar-refractivity contribution is 7.11. The molecule has 2 aromatic carbocycles. The first-order valence-corrected chi connectivity index (χ1v) is 13.2. The van der Waals surface area contributed by atoms with E-state index in [1.807, 2.05) is 12.1 Å². The number of carbonyl (C=O) groups is 4. The number of ether oxygens (including phenoxy) is 1. The fourth-order valence-electron chi connectivity index (χ4n) is 5.50. The molecular weight excluding hydrogens is 508 g/mol. The van der Waals surface area contributed by atoms with Crippen LogP contribution in [0.25, 0.3) is 0 Å². The van der Waals surface area contributed by atoms with Crippen LogP contribution in [0, 0.1) is 0 Å². The highest BCUT2D eigenvalue weighted by atomic mass is 32.1. The third-order valence-corrected chi connectivity index (χ3v) is 8.10. The summed E-state index contributed by atoms with van der Waals surface area (Å²) in [6, 6.07) is 11.4. The molecule has 0 saturated carbocycles. The molecule has 2 atom stereocenters. The van der Waals surface area contributed by atoms with Crippen molar-refractivity contribution >= 4 is 35.2 Å². The SMILES string of the molecule is O=C(c1cncs1)N1CC[C@H](Oc2cccc3c2[C@@H](CN2C(=O)c4ccccc4C2=O)N(C(=O)O)CC3)C1. The Morgan fingerprint density at radius 1 is 1.05 bits per heavy atom. The first-order valence-electron chi connectivity index (χ1n) is 12.3. The fraction of sp³-hybridized carbons (Fsp3) is 0.296. The highest BCUT2D eigenvalue weighted by Gasteiger charge is 2.42. The van der Waals surface area contributed by atoms with Crippen LogP contribution < -0.4 is 4.74 Å². The largest absolute Gasteiger partial charge is 0.488 e. The van der Waals surface area contributed by atoms with Crippen molar-refractivity contribution in [3.63, 3.8) is 0 Å². The molecule has 0 aliphatic carbocycles. The molecule has 3 aliphatic heterocycles. The molecular formula is C27H24N4O6S. The Bertz CT molecular complexity index is 1410. The molecule has 4 heterocycles. The number of nitrogens with zero attached hydrogens (tertiary/aromatic N) is 4. The second-order valence-electron chi connectivity index (χ2n) is 9.48. The summed E-state index contributed by atoms with van der Waals surface area (Å²) in [6.45, 7) is 1.05. The second kappa shape index (κ2) is 9.56. The predicted molar refractivity (Wildman–Crippen MR) is 136 cm³/mol. The molecule has 194 valence electrons. The summed E-state index contributed by atoms with van der Waals surface area (Å²) >= 11 is 1.29. The molecule has 1 N–H and O–H groups in total. The number of hydrogen-bond donors (Lipinski definition) is 1. The second-order valence-corrected chi connectivity index (χ2v) is 10.4. The smallest absolute Gasteiger partial charge is 0.407 e. The van der Waals surface area contributed by atoms with E-state index in [1.54, 1.807) is 46.9 Å². The van der Waals surface area contributed by atoms with Gasteiger partial charge in [-0.3, -0.25) is 29.2 Å². The lowest BCUT2D eigenvalue weighted by Crippen LogP contribution is -2.46. The average molecular weight is 533 g/mol. The summed E-state index contributed by atoms with van der Waals surface area (Å²) in [4.78, 5) is 59.9. The van der Waals surface area contributed by atoms with E-state index >= 15 is 0 Å². The maximum absolute atomic E-state index is 13.1. The van der Waals surface area contributed by atoms with Gasteiger partial charge in [0.2, 0.25) is 0 Å². The Kier molecular flexibility index (Phi) is 6.07. The van der Waals surface area contributed by atoms with E-state index in [0.717, 1.165) is 10.5 Å². The predicted octanol–water partition coefficient (Wildman–Crippen LogP) is 3.31. The molecule has 10 nitrogen and oxygen atoms in total. The van der Waals surface area contributed by atoms with Gasteiger partial charge in [0, 0.05) is 25.1 Å². The van der Waals surface area contributed by atoms with Crippen LogP contribution in [0.5, 0.6) is 5.75 Å². The van der Waals surface area contributed by atoms with Crippen molar-refractivity contribution in [1.29, 1.82) is 0 Å². The zero-order valence-corrected chi connectivity index (χ0v) is 21.1. The summed E-state index contributed by atoms with van der Waals surface area (Å²) in [5, 5.41) is 10.0. The summed E-state index contributed by atoms with van der Waals surface area (Å²) in [5.74, 6) is -0.453. The number of fused-ring (bicyclic) bond motifs is 2. The lowest BCUT2D eigenvalue weighted by Gasteiger charge is -2.38. The van der Waals surface area contributed by atoms with Crippen molar-refractivity contribution in [2.24, 2.45) is 0 Å². The molecule has 0 bridgehead atoms. The van der Waals surface area contributed by atoms with Crippen LogP contribution in [0.3, 0.4) is 0 Å². The Morgan fingerprint density at radius 2 is 1.82 bits per heavy atom. The number of imide groups is 1. The van der Waals surface area contributed by atoms with Gasteiger partial charge in [0.15, 0.2) is 0 Å². The molecule has 6 rings (SSSR count). The van der Waals surface area contributed by atoms with E-state index in [2.05, 4.69) is 4.98 Å². The van der Waals surface area contributed by atoms with Gasteiger partial charge < -0.3 is 14.7 Å². The number of hydrogen-bond acceptors (Lipinski definition) is 7. The molecule has 4 amide bonds. The lowest BCUT2D eigenvalue weighted by atomic mass is 9.91. The standard InChI is InChI=1S/C27H24N4O6S/c32-24-18-5-1-2-6-19(18)25(33)31(24)14-20-23-16(8-11-30(20)27(35)36)4-3-7-21(23)37-17-9-10-29(13-17)26(34)22-12-28-15-38-22/h1-7,12,15,17,20H,8-11,13-14H2,(H,35,36)/t17-,20+/m0/s1. The van der Waals surface area contributed by atoms with Gasteiger partial charge in [-0.2, -0.15) is 0 Å². The van der Waals surface area contributed by atoms with Gasteiger partial charge in [-0.25, -0.2) is 4.79 Å². The number of benzene rings is 2. The third-order valence-electron chi connectivity index (χ3n) is 7.34. The van der Waals surface area contributed by atoms with Gasteiger partial charge in [-0.05, 0) is 30.2 Å². The monoisotopic (exact) mass is 532 g/mol. The molecule has 1 saturated heterocycles. The van der Waals surface area contributed by atoms with E-state index in [9.17, 15) is 24.3 Å². The molecule has 38 heavy (non-hydrogen) atoms. The van der Waals surface area contributed by atoms with Crippen molar-refractivity contribution in [1.82, 2.24) is 19.7 Å². The number of likely N-dealkylation sites (tertiary alicyclic amines) is 1. The molecule has 11 heteroatoms. The van der Waals surface area contributed by atoms with Gasteiger partial charge in [-0.15, -0.1) is 11.3 Å². The maximum atomic E-state index is 13.1. The topological polar surface area (TPSA) is 120 Å². The highest BCUT2D eigenvalue weighted by Crippen LogP contribution is 2.39. The summed E-state index contributed by atoms with van der Waals surface area (Å²) in [6.07, 6.45) is 1.25. The van der Waals surface area contributed by atoms with E-state index < -0.39 is 23.9 Å². The van der Waals surface area contributed by atoms with Crippen molar-refractivity contribution < 1.29 is 29.0 Å². The van der Waals surface area contributed by atoms with Gasteiger partial charge in [-0.1, -0.05) is 24.3 Å². The van der Waals surface area contributed by atoms with E-state index in [-0.39, 0.29) is 25.1 Å². The number of aromatic nitrogens is 1. The minimum absolute atomic E-state index is 0.0887. The minimum Gasteiger partial charge on any atom is -0.488 e.